The van der Waals surface area contributed by atoms with Gasteiger partial charge in [-0.3, -0.25) is 9.36 Å². The Morgan fingerprint density at radius 3 is 2.29 bits per heavy atom. The van der Waals surface area contributed by atoms with E-state index in [1.165, 1.54) is 11.8 Å². The van der Waals surface area contributed by atoms with Gasteiger partial charge in [0.15, 0.2) is 5.16 Å². The molecule has 2 aromatic carbocycles. The molecule has 4 N–H and O–H groups in total. The lowest BCUT2D eigenvalue weighted by Crippen LogP contribution is -2.24. The molecule has 9 heteroatoms. The van der Waals surface area contributed by atoms with E-state index in [4.69, 9.17) is 11.5 Å². The third-order valence-corrected chi connectivity index (χ3v) is 5.03. The molecule has 0 aliphatic rings. The molecular weight excluding hydrogens is 374 g/mol. The maximum absolute atomic E-state index is 13.1. The number of hydrogen-bond acceptors (Lipinski definition) is 8. The van der Waals surface area contributed by atoms with Crippen molar-refractivity contribution in [1.82, 2.24) is 24.5 Å². The van der Waals surface area contributed by atoms with Gasteiger partial charge in [-0.2, -0.15) is 15.0 Å². The van der Waals surface area contributed by atoms with Crippen molar-refractivity contribution in [3.8, 4) is 0 Å². The van der Waals surface area contributed by atoms with Gasteiger partial charge in [-0.1, -0.05) is 54.2 Å². The third-order valence-electron chi connectivity index (χ3n) is 4.06. The quantitative estimate of drug-likeness (QED) is 0.391. The number of hydrogen-bond donors (Lipinski definition) is 2. The summed E-state index contributed by atoms with van der Waals surface area (Å²) in [6.45, 7) is 0.418. The van der Waals surface area contributed by atoms with Gasteiger partial charge in [0.25, 0.3) is 5.56 Å². The summed E-state index contributed by atoms with van der Waals surface area (Å²) in [4.78, 5) is 29.7. The number of aromatic nitrogens is 5. The second kappa shape index (κ2) is 7.65. The Morgan fingerprint density at radius 2 is 1.54 bits per heavy atom. The summed E-state index contributed by atoms with van der Waals surface area (Å²) < 4.78 is 1.66. The summed E-state index contributed by atoms with van der Waals surface area (Å²) in [6.07, 6.45) is 0. The smallest absolute Gasteiger partial charge is 0.262 e. The molecule has 0 spiro atoms. The fourth-order valence-corrected chi connectivity index (χ4v) is 3.67. The SMILES string of the molecule is Nc1nc(N)nc(CSc2nc3ccccc3c(=O)n2Cc2ccccc2)n1. The maximum atomic E-state index is 13.1. The van der Waals surface area contributed by atoms with Crippen molar-refractivity contribution in [2.75, 3.05) is 11.5 Å². The van der Waals surface area contributed by atoms with E-state index in [9.17, 15) is 4.79 Å². The second-order valence-corrected chi connectivity index (χ2v) is 6.99. The molecule has 0 amide bonds. The molecule has 0 atom stereocenters. The molecule has 4 rings (SSSR count). The van der Waals surface area contributed by atoms with Crippen LogP contribution in [0.4, 0.5) is 11.9 Å². The zero-order valence-corrected chi connectivity index (χ0v) is 15.6. The number of rotatable bonds is 5. The molecule has 0 bridgehead atoms. The first kappa shape index (κ1) is 17.9. The van der Waals surface area contributed by atoms with Crippen molar-refractivity contribution >= 4 is 34.6 Å². The summed E-state index contributed by atoms with van der Waals surface area (Å²) in [5, 5.41) is 1.15. The fraction of sp³-hybridized carbons (Fsp3) is 0.105. The van der Waals surface area contributed by atoms with Crippen molar-refractivity contribution in [1.29, 1.82) is 0 Å². The predicted octanol–water partition coefficient (Wildman–Crippen LogP) is 2.09. The first-order chi connectivity index (χ1) is 13.6. The first-order valence-electron chi connectivity index (χ1n) is 8.52. The molecule has 0 radical (unpaired) electrons. The number of nitrogens with two attached hydrogens (primary N) is 2. The van der Waals surface area contributed by atoms with E-state index in [0.29, 0.717) is 34.2 Å². The van der Waals surface area contributed by atoms with Crippen molar-refractivity contribution in [2.24, 2.45) is 0 Å². The van der Waals surface area contributed by atoms with Crippen LogP contribution in [0, 0.1) is 0 Å². The number of thioether (sulfide) groups is 1. The van der Waals surface area contributed by atoms with E-state index < -0.39 is 0 Å². The number of fused-ring (bicyclic) bond motifs is 1. The van der Waals surface area contributed by atoms with Crippen LogP contribution in [-0.4, -0.2) is 24.5 Å². The Kier molecular flexibility index (Phi) is 4.90. The van der Waals surface area contributed by atoms with Crippen LogP contribution >= 0.6 is 11.8 Å². The highest BCUT2D eigenvalue weighted by molar-refractivity contribution is 7.98. The van der Waals surface area contributed by atoms with Crippen molar-refractivity contribution in [2.45, 2.75) is 17.5 Å². The van der Waals surface area contributed by atoms with Crippen molar-refractivity contribution < 1.29 is 0 Å². The van der Waals surface area contributed by atoms with Crippen LogP contribution in [0.25, 0.3) is 10.9 Å². The minimum atomic E-state index is -0.0911. The van der Waals surface area contributed by atoms with Gasteiger partial charge in [0.2, 0.25) is 11.9 Å². The van der Waals surface area contributed by atoms with Gasteiger partial charge in [-0.25, -0.2) is 4.98 Å². The molecule has 140 valence electrons. The molecule has 28 heavy (non-hydrogen) atoms. The molecule has 0 saturated carbocycles. The number of para-hydroxylation sites is 1. The summed E-state index contributed by atoms with van der Waals surface area (Å²) >= 11 is 1.35. The minimum absolute atomic E-state index is 0.0660. The first-order valence-corrected chi connectivity index (χ1v) is 9.51. The largest absolute Gasteiger partial charge is 0.368 e. The van der Waals surface area contributed by atoms with Crippen molar-refractivity contribution in [3.63, 3.8) is 0 Å². The van der Waals surface area contributed by atoms with Gasteiger partial charge >= 0.3 is 0 Å². The van der Waals surface area contributed by atoms with Crippen LogP contribution in [0.1, 0.15) is 11.4 Å². The highest BCUT2D eigenvalue weighted by atomic mass is 32.2. The summed E-state index contributed by atoms with van der Waals surface area (Å²) in [5.74, 6) is 0.924. The molecule has 4 aromatic rings. The zero-order chi connectivity index (χ0) is 19.5. The van der Waals surface area contributed by atoms with Gasteiger partial charge in [-0.05, 0) is 17.7 Å². The summed E-state index contributed by atoms with van der Waals surface area (Å²) in [5.41, 5.74) is 12.8. The number of nitrogens with zero attached hydrogens (tertiary/aromatic N) is 5. The molecule has 0 saturated heterocycles. The average molecular weight is 391 g/mol. The van der Waals surface area contributed by atoms with E-state index in [-0.39, 0.29) is 17.5 Å². The molecule has 0 aliphatic carbocycles. The summed E-state index contributed by atoms with van der Waals surface area (Å²) in [6, 6.07) is 17.1. The standard InChI is InChI=1S/C19H17N7OS/c20-17-23-15(24-18(21)25-17)11-28-19-22-14-9-5-4-8-13(14)16(27)26(19)10-12-6-2-1-3-7-12/h1-9H,10-11H2,(H4,20,21,23,24,25). The van der Waals surface area contributed by atoms with Gasteiger partial charge < -0.3 is 11.5 Å². The lowest BCUT2D eigenvalue weighted by molar-refractivity contribution is 0.658. The summed E-state index contributed by atoms with van der Waals surface area (Å²) in [7, 11) is 0. The highest BCUT2D eigenvalue weighted by Crippen LogP contribution is 2.22. The van der Waals surface area contributed by atoms with E-state index in [0.717, 1.165) is 5.56 Å². The van der Waals surface area contributed by atoms with Crippen LogP contribution in [0.15, 0.2) is 64.5 Å². The van der Waals surface area contributed by atoms with Crippen LogP contribution in [0.2, 0.25) is 0 Å². The Labute approximate surface area is 164 Å². The van der Waals surface area contributed by atoms with E-state index >= 15 is 0 Å². The average Bonchev–Trinajstić information content (AvgIpc) is 2.69. The second-order valence-electron chi connectivity index (χ2n) is 6.05. The van der Waals surface area contributed by atoms with Gasteiger partial charge in [-0.15, -0.1) is 0 Å². The lowest BCUT2D eigenvalue weighted by Gasteiger charge is -2.13. The van der Waals surface area contributed by atoms with Crippen LogP contribution in [-0.2, 0) is 12.3 Å². The molecule has 2 aromatic heterocycles. The third kappa shape index (κ3) is 3.79. The Hall–Kier alpha value is -3.46. The molecule has 0 aliphatic heterocycles. The normalized spacial score (nSPS) is 11.0. The van der Waals surface area contributed by atoms with Gasteiger partial charge in [0.05, 0.1) is 23.2 Å². The maximum Gasteiger partial charge on any atom is 0.262 e. The van der Waals surface area contributed by atoms with Crippen LogP contribution < -0.4 is 17.0 Å². The van der Waals surface area contributed by atoms with E-state index in [1.54, 1.807) is 10.6 Å². The highest BCUT2D eigenvalue weighted by Gasteiger charge is 2.13. The number of nitrogen functional groups attached to an aromatic ring is 2. The number of benzene rings is 2. The van der Waals surface area contributed by atoms with Crippen LogP contribution in [0.3, 0.4) is 0 Å². The molecule has 0 fully saturated rings. The minimum Gasteiger partial charge on any atom is -0.368 e. The van der Waals surface area contributed by atoms with Gasteiger partial charge in [0.1, 0.15) is 5.82 Å². The van der Waals surface area contributed by atoms with Crippen molar-refractivity contribution in [3.05, 3.63) is 76.3 Å². The monoisotopic (exact) mass is 391 g/mol. The predicted molar refractivity (Wildman–Crippen MR) is 110 cm³/mol. The topological polar surface area (TPSA) is 126 Å². The van der Waals surface area contributed by atoms with Gasteiger partial charge in [0, 0.05) is 0 Å². The molecule has 0 unspecified atom stereocenters. The van der Waals surface area contributed by atoms with E-state index in [2.05, 4.69) is 19.9 Å². The lowest BCUT2D eigenvalue weighted by atomic mass is 10.2. The van der Waals surface area contributed by atoms with Crippen LogP contribution in [0.5, 0.6) is 0 Å². The molecule has 8 nitrogen and oxygen atoms in total. The molecular formula is C19H17N7OS. The Balaban J connectivity index is 1.74. The zero-order valence-electron chi connectivity index (χ0n) is 14.8. The Bertz CT molecular complexity index is 1170. The molecule has 2 heterocycles. The number of anilines is 2. The Morgan fingerprint density at radius 1 is 0.857 bits per heavy atom. The van der Waals surface area contributed by atoms with E-state index in [1.807, 2.05) is 48.5 Å². The fourth-order valence-electron chi connectivity index (χ4n) is 2.81.